The van der Waals surface area contributed by atoms with Crippen LogP contribution < -0.4 is 5.32 Å². The van der Waals surface area contributed by atoms with E-state index in [4.69, 9.17) is 4.74 Å². The number of anilines is 1. The lowest BCUT2D eigenvalue weighted by Gasteiger charge is -2.27. The SMILES string of the molecule is CN=Cc1ncc(C2CC2)nc1NC1COC1. The van der Waals surface area contributed by atoms with Crippen LogP contribution in [-0.2, 0) is 4.74 Å². The first-order chi connectivity index (χ1) is 8.36. The third-order valence-electron chi connectivity index (χ3n) is 3.05. The highest BCUT2D eigenvalue weighted by Crippen LogP contribution is 2.39. The number of rotatable bonds is 4. The highest BCUT2D eigenvalue weighted by atomic mass is 16.5. The molecule has 1 aromatic heterocycles. The van der Waals surface area contributed by atoms with Crippen LogP contribution in [0.5, 0.6) is 0 Å². The molecule has 1 aliphatic heterocycles. The number of ether oxygens (including phenoxy) is 1. The zero-order valence-corrected chi connectivity index (χ0v) is 9.89. The molecule has 1 aliphatic carbocycles. The van der Waals surface area contributed by atoms with Crippen molar-refractivity contribution in [3.8, 4) is 0 Å². The van der Waals surface area contributed by atoms with Crippen LogP contribution in [0.2, 0.25) is 0 Å². The van der Waals surface area contributed by atoms with Crippen LogP contribution in [0.4, 0.5) is 5.82 Å². The Morgan fingerprint density at radius 1 is 1.47 bits per heavy atom. The maximum Gasteiger partial charge on any atom is 0.154 e. The van der Waals surface area contributed by atoms with Crippen LogP contribution >= 0.6 is 0 Å². The van der Waals surface area contributed by atoms with Crippen molar-refractivity contribution < 1.29 is 4.74 Å². The van der Waals surface area contributed by atoms with Crippen molar-refractivity contribution in [3.05, 3.63) is 17.6 Å². The van der Waals surface area contributed by atoms with Gasteiger partial charge in [0.2, 0.25) is 0 Å². The van der Waals surface area contributed by atoms with Crippen LogP contribution in [0.3, 0.4) is 0 Å². The molecule has 0 radical (unpaired) electrons. The summed E-state index contributed by atoms with van der Waals surface area (Å²) in [5, 5.41) is 3.36. The van der Waals surface area contributed by atoms with Gasteiger partial charge in [-0.2, -0.15) is 0 Å². The summed E-state index contributed by atoms with van der Waals surface area (Å²) in [5.74, 6) is 1.46. The van der Waals surface area contributed by atoms with E-state index in [0.29, 0.717) is 12.0 Å². The van der Waals surface area contributed by atoms with E-state index in [1.54, 1.807) is 13.3 Å². The largest absolute Gasteiger partial charge is 0.377 e. The molecule has 0 unspecified atom stereocenters. The van der Waals surface area contributed by atoms with Crippen molar-refractivity contribution in [2.75, 3.05) is 25.6 Å². The molecule has 0 atom stereocenters. The third-order valence-corrected chi connectivity index (χ3v) is 3.05. The fourth-order valence-electron chi connectivity index (χ4n) is 1.82. The summed E-state index contributed by atoms with van der Waals surface area (Å²) in [7, 11) is 1.74. The first-order valence-corrected chi connectivity index (χ1v) is 6.00. The zero-order valence-electron chi connectivity index (χ0n) is 9.89. The zero-order chi connectivity index (χ0) is 11.7. The minimum Gasteiger partial charge on any atom is -0.377 e. The van der Waals surface area contributed by atoms with Crippen LogP contribution in [0.1, 0.15) is 30.1 Å². The van der Waals surface area contributed by atoms with E-state index >= 15 is 0 Å². The number of aromatic nitrogens is 2. The Morgan fingerprint density at radius 3 is 2.88 bits per heavy atom. The van der Waals surface area contributed by atoms with Crippen LogP contribution in [0.25, 0.3) is 0 Å². The van der Waals surface area contributed by atoms with Crippen molar-refractivity contribution in [1.82, 2.24) is 9.97 Å². The van der Waals surface area contributed by atoms with E-state index in [1.165, 1.54) is 12.8 Å². The predicted octanol–water partition coefficient (Wildman–Crippen LogP) is 1.21. The van der Waals surface area contributed by atoms with Crippen molar-refractivity contribution in [1.29, 1.82) is 0 Å². The van der Waals surface area contributed by atoms with E-state index in [0.717, 1.165) is 30.4 Å². The Hall–Kier alpha value is -1.49. The fourth-order valence-corrected chi connectivity index (χ4v) is 1.82. The van der Waals surface area contributed by atoms with Gasteiger partial charge in [0.15, 0.2) is 5.82 Å². The lowest BCUT2D eigenvalue weighted by atomic mass is 10.2. The van der Waals surface area contributed by atoms with Crippen molar-refractivity contribution in [2.45, 2.75) is 24.8 Å². The van der Waals surface area contributed by atoms with E-state index in [1.807, 2.05) is 6.20 Å². The smallest absolute Gasteiger partial charge is 0.154 e. The summed E-state index contributed by atoms with van der Waals surface area (Å²) in [4.78, 5) is 13.1. The molecule has 3 rings (SSSR count). The fraction of sp³-hybridized carbons (Fsp3) is 0.583. The van der Waals surface area contributed by atoms with E-state index < -0.39 is 0 Å². The van der Waals surface area contributed by atoms with Gasteiger partial charge < -0.3 is 10.1 Å². The van der Waals surface area contributed by atoms with Gasteiger partial charge in [-0.3, -0.25) is 4.99 Å². The van der Waals surface area contributed by atoms with Gasteiger partial charge in [0, 0.05) is 19.2 Å². The molecule has 1 saturated carbocycles. The number of aliphatic imine (C=N–C) groups is 1. The molecule has 17 heavy (non-hydrogen) atoms. The summed E-state index contributed by atoms with van der Waals surface area (Å²) < 4.78 is 5.15. The molecule has 2 fully saturated rings. The van der Waals surface area contributed by atoms with Gasteiger partial charge in [-0.05, 0) is 12.8 Å². The van der Waals surface area contributed by atoms with Crippen LogP contribution in [0.15, 0.2) is 11.2 Å². The van der Waals surface area contributed by atoms with Gasteiger partial charge in [0.25, 0.3) is 0 Å². The molecule has 0 amide bonds. The maximum absolute atomic E-state index is 5.15. The number of nitrogens with one attached hydrogen (secondary N) is 1. The van der Waals surface area contributed by atoms with E-state index in [2.05, 4.69) is 20.3 Å². The molecule has 1 aromatic rings. The average molecular weight is 232 g/mol. The summed E-state index contributed by atoms with van der Waals surface area (Å²) in [6.45, 7) is 1.50. The Morgan fingerprint density at radius 2 is 2.29 bits per heavy atom. The lowest BCUT2D eigenvalue weighted by molar-refractivity contribution is 0.0209. The Labute approximate surface area is 100 Å². The topological polar surface area (TPSA) is 59.4 Å². The monoisotopic (exact) mass is 232 g/mol. The highest BCUT2D eigenvalue weighted by Gasteiger charge is 2.27. The maximum atomic E-state index is 5.15. The van der Waals surface area contributed by atoms with Gasteiger partial charge in [0.05, 0.1) is 31.2 Å². The second kappa shape index (κ2) is 4.41. The second-order valence-corrected chi connectivity index (χ2v) is 4.57. The molecule has 90 valence electrons. The number of nitrogens with zero attached hydrogens (tertiary/aromatic N) is 3. The molecule has 5 heteroatoms. The Balaban J connectivity index is 1.85. The predicted molar refractivity (Wildman–Crippen MR) is 65.8 cm³/mol. The van der Waals surface area contributed by atoms with Gasteiger partial charge in [0.1, 0.15) is 5.69 Å². The van der Waals surface area contributed by atoms with E-state index in [9.17, 15) is 0 Å². The van der Waals surface area contributed by atoms with Crippen molar-refractivity contribution in [3.63, 3.8) is 0 Å². The Kier molecular flexibility index (Phi) is 2.76. The molecule has 5 nitrogen and oxygen atoms in total. The summed E-state index contributed by atoms with van der Waals surface area (Å²) >= 11 is 0. The quantitative estimate of drug-likeness (QED) is 0.793. The first-order valence-electron chi connectivity index (χ1n) is 6.00. The molecule has 1 N–H and O–H groups in total. The average Bonchev–Trinajstić information content (AvgIpc) is 3.09. The van der Waals surface area contributed by atoms with Crippen LogP contribution in [-0.4, -0.2) is 42.5 Å². The minimum atomic E-state index is 0.364. The summed E-state index contributed by atoms with van der Waals surface area (Å²) in [6.07, 6.45) is 6.09. The van der Waals surface area contributed by atoms with Gasteiger partial charge in [-0.25, -0.2) is 9.97 Å². The minimum absolute atomic E-state index is 0.364. The Bertz CT molecular complexity index is 438. The standard InChI is InChI=1S/C12H16N4O/c1-13-4-11-12(15-9-6-17-7-9)16-10(5-14-11)8-2-3-8/h4-5,8-9H,2-3,6-7H2,1H3,(H,15,16). The first kappa shape index (κ1) is 10.7. The van der Waals surface area contributed by atoms with Crippen LogP contribution in [0, 0.1) is 0 Å². The molecule has 2 aliphatic rings. The number of hydrogen-bond acceptors (Lipinski definition) is 5. The number of hydrogen-bond donors (Lipinski definition) is 1. The second-order valence-electron chi connectivity index (χ2n) is 4.57. The van der Waals surface area contributed by atoms with Gasteiger partial charge >= 0.3 is 0 Å². The molecule has 2 heterocycles. The molecule has 0 bridgehead atoms. The van der Waals surface area contributed by atoms with E-state index in [-0.39, 0.29) is 0 Å². The van der Waals surface area contributed by atoms with Gasteiger partial charge in [-0.1, -0.05) is 0 Å². The highest BCUT2D eigenvalue weighted by molar-refractivity contribution is 5.83. The van der Waals surface area contributed by atoms with Crippen molar-refractivity contribution in [2.24, 2.45) is 4.99 Å². The van der Waals surface area contributed by atoms with Crippen molar-refractivity contribution >= 4 is 12.0 Å². The normalized spacial score (nSPS) is 20.5. The molecule has 1 saturated heterocycles. The van der Waals surface area contributed by atoms with Gasteiger partial charge in [-0.15, -0.1) is 0 Å². The molecule has 0 spiro atoms. The third kappa shape index (κ3) is 2.29. The summed E-state index contributed by atoms with van der Waals surface area (Å²) in [6, 6.07) is 0.364. The summed E-state index contributed by atoms with van der Waals surface area (Å²) in [5.41, 5.74) is 1.91. The molecular formula is C12H16N4O. The molecular weight excluding hydrogens is 216 g/mol. The lowest BCUT2D eigenvalue weighted by Crippen LogP contribution is -2.40. The molecule has 0 aromatic carbocycles.